The van der Waals surface area contributed by atoms with Crippen LogP contribution in [0.2, 0.25) is 5.02 Å². The van der Waals surface area contributed by atoms with Crippen LogP contribution in [0.4, 0.5) is 10.5 Å². The van der Waals surface area contributed by atoms with Crippen molar-refractivity contribution in [1.82, 2.24) is 9.88 Å². The van der Waals surface area contributed by atoms with E-state index in [9.17, 15) is 14.7 Å². The van der Waals surface area contributed by atoms with Crippen LogP contribution < -0.4 is 10.9 Å². The zero-order valence-electron chi connectivity index (χ0n) is 16.5. The molecule has 0 aliphatic carbocycles. The Bertz CT molecular complexity index is 1090. The molecule has 2 aromatic carbocycles. The molecule has 3 rings (SSSR count). The summed E-state index contributed by atoms with van der Waals surface area (Å²) in [4.78, 5) is 29.8. The van der Waals surface area contributed by atoms with Crippen molar-refractivity contribution >= 4 is 34.2 Å². The van der Waals surface area contributed by atoms with Crippen molar-refractivity contribution in [2.45, 2.75) is 26.8 Å². The standard InChI is InChI=1S/C22H24ClN3O3/c1-14-10-16-12-17(21(28)24-20(16)11-15(14)2)13-26(8-5-9-27)22(29)25-19-7-4-3-6-18(19)23/h3-4,6-7,10-12,27H,5,8-9,13H2,1-2H3,(H,24,28)(H,25,29). The number of urea groups is 1. The Morgan fingerprint density at radius 2 is 1.90 bits per heavy atom. The number of aliphatic hydroxyl groups is 1. The summed E-state index contributed by atoms with van der Waals surface area (Å²) in [5.41, 5.74) is 3.73. The quantitative estimate of drug-likeness (QED) is 0.565. The highest BCUT2D eigenvalue weighted by atomic mass is 35.5. The zero-order valence-corrected chi connectivity index (χ0v) is 17.2. The molecule has 0 spiro atoms. The Balaban J connectivity index is 1.88. The van der Waals surface area contributed by atoms with Gasteiger partial charge in [0.15, 0.2) is 0 Å². The Morgan fingerprint density at radius 3 is 2.62 bits per heavy atom. The number of H-pyrrole nitrogens is 1. The van der Waals surface area contributed by atoms with E-state index in [2.05, 4.69) is 10.3 Å². The van der Waals surface area contributed by atoms with Crippen molar-refractivity contribution < 1.29 is 9.90 Å². The SMILES string of the molecule is Cc1cc2cc(CN(CCCO)C(=O)Nc3ccccc3Cl)c(=O)[nH]c2cc1C. The molecule has 0 fully saturated rings. The van der Waals surface area contributed by atoms with Gasteiger partial charge in [-0.1, -0.05) is 23.7 Å². The maximum atomic E-state index is 12.8. The summed E-state index contributed by atoms with van der Waals surface area (Å²) in [6.45, 7) is 4.38. The Morgan fingerprint density at radius 1 is 1.17 bits per heavy atom. The summed E-state index contributed by atoms with van der Waals surface area (Å²) in [5.74, 6) is 0. The molecule has 152 valence electrons. The Labute approximate surface area is 174 Å². The molecule has 0 unspecified atom stereocenters. The molecule has 3 N–H and O–H groups in total. The van der Waals surface area contributed by atoms with Crippen molar-refractivity contribution in [3.63, 3.8) is 0 Å². The lowest BCUT2D eigenvalue weighted by Gasteiger charge is -2.23. The third kappa shape index (κ3) is 4.96. The number of anilines is 1. The van der Waals surface area contributed by atoms with Crippen molar-refractivity contribution in [1.29, 1.82) is 0 Å². The molecule has 2 amide bonds. The average Bonchev–Trinajstić information content (AvgIpc) is 2.68. The molecule has 0 aliphatic rings. The molecule has 29 heavy (non-hydrogen) atoms. The van der Waals surface area contributed by atoms with Gasteiger partial charge in [0.1, 0.15) is 0 Å². The second-order valence-corrected chi connectivity index (χ2v) is 7.46. The van der Waals surface area contributed by atoms with E-state index in [0.29, 0.717) is 29.2 Å². The number of hydrogen-bond donors (Lipinski definition) is 3. The number of aromatic nitrogens is 1. The number of hydrogen-bond acceptors (Lipinski definition) is 3. The number of pyridine rings is 1. The van der Waals surface area contributed by atoms with Crippen LogP contribution in [0.1, 0.15) is 23.1 Å². The van der Waals surface area contributed by atoms with E-state index in [-0.39, 0.29) is 24.7 Å². The maximum absolute atomic E-state index is 12.8. The first kappa shape index (κ1) is 20.9. The fourth-order valence-electron chi connectivity index (χ4n) is 3.12. The third-order valence-electron chi connectivity index (χ3n) is 4.89. The molecule has 0 radical (unpaired) electrons. The molecule has 0 bridgehead atoms. The molecule has 6 nitrogen and oxygen atoms in total. The normalized spacial score (nSPS) is 10.9. The van der Waals surface area contributed by atoms with Crippen molar-refractivity contribution in [3.05, 3.63) is 74.5 Å². The van der Waals surface area contributed by atoms with E-state index in [1.165, 1.54) is 4.90 Å². The summed E-state index contributed by atoms with van der Waals surface area (Å²) in [7, 11) is 0. The zero-order chi connectivity index (χ0) is 21.0. The first-order chi connectivity index (χ1) is 13.9. The number of amides is 2. The fraction of sp³-hybridized carbons (Fsp3) is 0.273. The summed E-state index contributed by atoms with van der Waals surface area (Å²) in [6, 6.07) is 12.3. The summed E-state index contributed by atoms with van der Waals surface area (Å²) in [5, 5.41) is 13.3. The maximum Gasteiger partial charge on any atom is 0.322 e. The molecular weight excluding hydrogens is 390 g/mol. The van der Waals surface area contributed by atoms with Gasteiger partial charge in [0.2, 0.25) is 0 Å². The summed E-state index contributed by atoms with van der Waals surface area (Å²) in [6.07, 6.45) is 0.403. The van der Waals surface area contributed by atoms with Crippen LogP contribution in [-0.2, 0) is 6.54 Å². The molecule has 0 aliphatic heterocycles. The predicted molar refractivity (Wildman–Crippen MR) is 117 cm³/mol. The van der Waals surface area contributed by atoms with E-state index < -0.39 is 0 Å². The van der Waals surface area contributed by atoms with Crippen LogP contribution in [0.5, 0.6) is 0 Å². The second-order valence-electron chi connectivity index (χ2n) is 7.06. The Kier molecular flexibility index (Phi) is 6.56. The molecule has 1 aromatic heterocycles. The molecule has 0 saturated carbocycles. The van der Waals surface area contributed by atoms with Gasteiger partial charge in [-0.05, 0) is 67.1 Å². The van der Waals surface area contributed by atoms with Crippen LogP contribution in [0.25, 0.3) is 10.9 Å². The lowest BCUT2D eigenvalue weighted by atomic mass is 10.0. The van der Waals surface area contributed by atoms with E-state index >= 15 is 0 Å². The van der Waals surface area contributed by atoms with Crippen LogP contribution in [0.3, 0.4) is 0 Å². The molecule has 0 saturated heterocycles. The number of nitrogens with one attached hydrogen (secondary N) is 2. The minimum absolute atomic E-state index is 0.0532. The predicted octanol–water partition coefficient (Wildman–Crippen LogP) is 4.21. The molecule has 0 atom stereocenters. The number of aromatic amines is 1. The van der Waals surface area contributed by atoms with Gasteiger partial charge in [0.05, 0.1) is 17.3 Å². The van der Waals surface area contributed by atoms with E-state index in [0.717, 1.165) is 22.0 Å². The van der Waals surface area contributed by atoms with E-state index in [1.807, 2.05) is 32.0 Å². The van der Waals surface area contributed by atoms with Gasteiger partial charge < -0.3 is 20.3 Å². The van der Waals surface area contributed by atoms with Crippen LogP contribution in [-0.4, -0.2) is 34.2 Å². The number of aryl methyl sites for hydroxylation is 2. The number of para-hydroxylation sites is 1. The number of carbonyl (C=O) groups excluding carboxylic acids is 1. The van der Waals surface area contributed by atoms with Gasteiger partial charge in [0, 0.05) is 24.2 Å². The molecule has 3 aromatic rings. The average molecular weight is 414 g/mol. The van der Waals surface area contributed by atoms with Crippen LogP contribution >= 0.6 is 11.6 Å². The largest absolute Gasteiger partial charge is 0.396 e. The summed E-state index contributed by atoms with van der Waals surface area (Å²) < 4.78 is 0. The number of carbonyl (C=O) groups is 1. The second kappa shape index (κ2) is 9.11. The number of fused-ring (bicyclic) bond motifs is 1. The first-order valence-corrected chi connectivity index (χ1v) is 9.81. The first-order valence-electron chi connectivity index (χ1n) is 9.43. The highest BCUT2D eigenvalue weighted by Gasteiger charge is 2.17. The van der Waals surface area contributed by atoms with Gasteiger partial charge in [-0.15, -0.1) is 0 Å². The van der Waals surface area contributed by atoms with Gasteiger partial charge in [-0.2, -0.15) is 0 Å². The minimum atomic E-state index is -0.383. The van der Waals surface area contributed by atoms with E-state index in [1.54, 1.807) is 24.3 Å². The highest BCUT2D eigenvalue weighted by Crippen LogP contribution is 2.22. The monoisotopic (exact) mass is 413 g/mol. The molecule has 1 heterocycles. The number of halogens is 1. The Hall–Kier alpha value is -2.83. The van der Waals surface area contributed by atoms with Gasteiger partial charge in [-0.3, -0.25) is 4.79 Å². The molecule has 7 heteroatoms. The van der Waals surface area contributed by atoms with Crippen LogP contribution in [0.15, 0.2) is 47.3 Å². The fourth-order valence-corrected chi connectivity index (χ4v) is 3.30. The highest BCUT2D eigenvalue weighted by molar-refractivity contribution is 6.33. The number of aliphatic hydroxyl groups excluding tert-OH is 1. The smallest absolute Gasteiger partial charge is 0.322 e. The lowest BCUT2D eigenvalue weighted by Crippen LogP contribution is -2.37. The lowest BCUT2D eigenvalue weighted by molar-refractivity contribution is 0.199. The number of nitrogens with zero attached hydrogens (tertiary/aromatic N) is 1. The topological polar surface area (TPSA) is 85.4 Å². The van der Waals surface area contributed by atoms with Crippen LogP contribution in [0, 0.1) is 13.8 Å². The van der Waals surface area contributed by atoms with E-state index in [4.69, 9.17) is 11.6 Å². The summed E-state index contributed by atoms with van der Waals surface area (Å²) >= 11 is 6.13. The number of rotatable bonds is 6. The third-order valence-corrected chi connectivity index (χ3v) is 5.22. The van der Waals surface area contributed by atoms with Gasteiger partial charge in [0.25, 0.3) is 5.56 Å². The number of benzene rings is 2. The van der Waals surface area contributed by atoms with Gasteiger partial charge >= 0.3 is 6.03 Å². The molecular formula is C22H24ClN3O3. The van der Waals surface area contributed by atoms with Gasteiger partial charge in [-0.25, -0.2) is 4.79 Å². The minimum Gasteiger partial charge on any atom is -0.396 e. The van der Waals surface area contributed by atoms with Crippen molar-refractivity contribution in [2.75, 3.05) is 18.5 Å². The van der Waals surface area contributed by atoms with Crippen molar-refractivity contribution in [3.8, 4) is 0 Å². The van der Waals surface area contributed by atoms with Crippen molar-refractivity contribution in [2.24, 2.45) is 0 Å².